The maximum absolute atomic E-state index is 12.8. The van der Waals surface area contributed by atoms with E-state index >= 15 is 0 Å². The quantitative estimate of drug-likeness (QED) is 0.328. The average Bonchev–Trinajstić information content (AvgIpc) is 2.66. The summed E-state index contributed by atoms with van der Waals surface area (Å²) in [7, 11) is -3.65. The minimum atomic E-state index is -3.65. The maximum Gasteiger partial charge on any atom is 0.311 e. The van der Waals surface area contributed by atoms with Crippen molar-refractivity contribution in [3.05, 3.63) is 0 Å². The molecule has 3 N–H and O–H groups in total. The number of esters is 1. The van der Waals surface area contributed by atoms with Crippen LogP contribution in [0.1, 0.15) is 79.1 Å². The first-order valence-corrected chi connectivity index (χ1v) is 13.8. The standard InChI is InChI=1S/C23H41O7P/c1-5-23(3,4)22(27)30-19-8-6-7-16-10-9-15(2)18(21(16)19)11-12-31(28,29)14-17(24)13-20(25)26/h15-19,21,24H,5-14H2,1-4H3,(H,25,26)(H,28,29)/t15-,16+,17?,18-,19-,21?/m1/s1. The summed E-state index contributed by atoms with van der Waals surface area (Å²) < 4.78 is 18.7. The van der Waals surface area contributed by atoms with E-state index in [4.69, 9.17) is 9.84 Å². The third-order valence-electron chi connectivity index (χ3n) is 7.67. The molecule has 2 fully saturated rings. The molecule has 31 heavy (non-hydrogen) atoms. The second-order valence-electron chi connectivity index (χ2n) is 10.5. The average molecular weight is 461 g/mol. The van der Waals surface area contributed by atoms with Gasteiger partial charge in [-0.25, -0.2) is 0 Å². The summed E-state index contributed by atoms with van der Waals surface area (Å²) >= 11 is 0. The zero-order chi connectivity index (χ0) is 23.4. The predicted molar refractivity (Wildman–Crippen MR) is 119 cm³/mol. The number of carbonyl (C=O) groups is 2. The Morgan fingerprint density at radius 1 is 1.19 bits per heavy atom. The lowest BCUT2D eigenvalue weighted by molar-refractivity contribution is -0.171. The van der Waals surface area contributed by atoms with Crippen LogP contribution in [-0.4, -0.2) is 51.6 Å². The molecule has 2 aliphatic rings. The smallest absolute Gasteiger partial charge is 0.311 e. The number of carboxylic acids is 1. The van der Waals surface area contributed by atoms with Crippen molar-refractivity contribution in [1.29, 1.82) is 0 Å². The van der Waals surface area contributed by atoms with E-state index in [-0.39, 0.29) is 30.1 Å². The van der Waals surface area contributed by atoms with Gasteiger partial charge < -0.3 is 19.8 Å². The van der Waals surface area contributed by atoms with Crippen LogP contribution < -0.4 is 0 Å². The molecule has 7 nitrogen and oxygen atoms in total. The Hall–Kier alpha value is -0.910. The molecule has 2 rings (SSSR count). The molecule has 0 bridgehead atoms. The molecule has 7 atom stereocenters. The summed E-state index contributed by atoms with van der Waals surface area (Å²) in [5.41, 5.74) is -0.524. The number of aliphatic hydroxyl groups excluding tert-OH is 1. The van der Waals surface area contributed by atoms with Crippen molar-refractivity contribution in [2.75, 3.05) is 12.3 Å². The number of fused-ring (bicyclic) bond motifs is 1. The van der Waals surface area contributed by atoms with Crippen molar-refractivity contribution in [1.82, 2.24) is 0 Å². The van der Waals surface area contributed by atoms with Gasteiger partial charge in [0, 0.05) is 12.1 Å². The SMILES string of the molecule is CCC(C)(C)C(=O)O[C@@H]1CCC[C@H]2CC[C@@H](C)[C@@H](CCP(=O)(O)CC(O)CC(=O)O)C21. The Morgan fingerprint density at radius 3 is 2.48 bits per heavy atom. The van der Waals surface area contributed by atoms with Crippen LogP contribution in [0.4, 0.5) is 0 Å². The molecule has 0 radical (unpaired) electrons. The number of hydrogen-bond donors (Lipinski definition) is 3. The maximum atomic E-state index is 12.8. The third-order valence-corrected chi connectivity index (χ3v) is 9.62. The molecule has 2 saturated carbocycles. The lowest BCUT2D eigenvalue weighted by Crippen LogP contribution is -2.46. The van der Waals surface area contributed by atoms with Crippen LogP contribution in [-0.2, 0) is 18.9 Å². The molecule has 0 heterocycles. The minimum absolute atomic E-state index is 0.0586. The number of aliphatic hydroxyl groups is 1. The van der Waals surface area contributed by atoms with E-state index in [0.29, 0.717) is 24.7 Å². The highest BCUT2D eigenvalue weighted by Crippen LogP contribution is 2.51. The monoisotopic (exact) mass is 460 g/mol. The van der Waals surface area contributed by atoms with Gasteiger partial charge >= 0.3 is 11.9 Å². The Kier molecular flexibility index (Phi) is 9.18. The van der Waals surface area contributed by atoms with Gasteiger partial charge in [0.05, 0.1) is 24.1 Å². The van der Waals surface area contributed by atoms with Crippen molar-refractivity contribution in [3.8, 4) is 0 Å². The van der Waals surface area contributed by atoms with Gasteiger partial charge in [-0.1, -0.05) is 20.3 Å². The fourth-order valence-corrected chi connectivity index (χ4v) is 7.07. The molecule has 0 amide bonds. The molecule has 0 spiro atoms. The van der Waals surface area contributed by atoms with Crippen molar-refractivity contribution in [2.24, 2.45) is 29.1 Å². The highest BCUT2D eigenvalue weighted by atomic mass is 31.2. The van der Waals surface area contributed by atoms with Gasteiger partial charge in [0.1, 0.15) is 6.10 Å². The first kappa shape index (κ1) is 26.3. The van der Waals surface area contributed by atoms with Crippen LogP contribution in [0, 0.1) is 29.1 Å². The van der Waals surface area contributed by atoms with Crippen LogP contribution in [0.5, 0.6) is 0 Å². The van der Waals surface area contributed by atoms with E-state index in [1.807, 2.05) is 20.8 Å². The molecule has 3 unspecified atom stereocenters. The van der Waals surface area contributed by atoms with Gasteiger partial charge in [0.15, 0.2) is 0 Å². The van der Waals surface area contributed by atoms with Crippen molar-refractivity contribution < 1.29 is 34.0 Å². The molecular weight excluding hydrogens is 419 g/mol. The van der Waals surface area contributed by atoms with Crippen LogP contribution >= 0.6 is 7.37 Å². The number of ether oxygens (including phenoxy) is 1. The van der Waals surface area contributed by atoms with E-state index in [1.165, 1.54) is 0 Å². The zero-order valence-electron chi connectivity index (χ0n) is 19.5. The first-order chi connectivity index (χ1) is 14.4. The van der Waals surface area contributed by atoms with E-state index in [9.17, 15) is 24.2 Å². The zero-order valence-corrected chi connectivity index (χ0v) is 20.4. The van der Waals surface area contributed by atoms with Crippen LogP contribution in [0.2, 0.25) is 0 Å². The summed E-state index contributed by atoms with van der Waals surface area (Å²) in [5.74, 6) is -0.145. The predicted octanol–water partition coefficient (Wildman–Crippen LogP) is 4.29. The summed E-state index contributed by atoms with van der Waals surface area (Å²) in [5, 5.41) is 18.6. The molecule has 0 aromatic carbocycles. The van der Waals surface area contributed by atoms with E-state index in [1.54, 1.807) is 0 Å². The van der Waals surface area contributed by atoms with Gasteiger partial charge in [-0.05, 0) is 70.1 Å². The summed E-state index contributed by atoms with van der Waals surface area (Å²) in [6.07, 6.45) is 4.04. The van der Waals surface area contributed by atoms with Crippen molar-refractivity contribution in [3.63, 3.8) is 0 Å². The van der Waals surface area contributed by atoms with Crippen molar-refractivity contribution >= 4 is 19.3 Å². The lowest BCUT2D eigenvalue weighted by Gasteiger charge is -2.48. The normalized spacial score (nSPS) is 31.9. The van der Waals surface area contributed by atoms with Gasteiger partial charge in [0.25, 0.3) is 0 Å². The fourth-order valence-electron chi connectivity index (χ4n) is 5.40. The third kappa shape index (κ3) is 7.30. The number of rotatable bonds is 10. The Morgan fingerprint density at radius 2 is 1.87 bits per heavy atom. The second kappa shape index (κ2) is 10.8. The van der Waals surface area contributed by atoms with Gasteiger partial charge in [-0.15, -0.1) is 0 Å². The molecule has 0 aromatic heterocycles. The van der Waals surface area contributed by atoms with Gasteiger partial charge in [0.2, 0.25) is 7.37 Å². The second-order valence-corrected chi connectivity index (χ2v) is 13.0. The number of carboxylic acid groups (broad SMARTS) is 1. The number of carbonyl (C=O) groups excluding carboxylic acids is 1. The van der Waals surface area contributed by atoms with Crippen LogP contribution in [0.25, 0.3) is 0 Å². The molecule has 0 aromatic rings. The minimum Gasteiger partial charge on any atom is -0.481 e. The molecular formula is C23H41O7P. The summed E-state index contributed by atoms with van der Waals surface area (Å²) in [6, 6.07) is 0. The first-order valence-electron chi connectivity index (χ1n) is 11.8. The fraction of sp³-hybridized carbons (Fsp3) is 0.913. The molecule has 0 saturated heterocycles. The van der Waals surface area contributed by atoms with E-state index in [2.05, 4.69) is 6.92 Å². The topological polar surface area (TPSA) is 121 Å². The lowest BCUT2D eigenvalue weighted by atomic mass is 9.60. The number of aliphatic carboxylic acids is 1. The van der Waals surface area contributed by atoms with E-state index in [0.717, 1.165) is 32.1 Å². The van der Waals surface area contributed by atoms with E-state index < -0.39 is 37.4 Å². The Labute approximate surface area is 186 Å². The van der Waals surface area contributed by atoms with Crippen molar-refractivity contribution in [2.45, 2.75) is 91.3 Å². The largest absolute Gasteiger partial charge is 0.481 e. The summed E-state index contributed by atoms with van der Waals surface area (Å²) in [4.78, 5) is 33.9. The molecule has 0 aliphatic heterocycles. The van der Waals surface area contributed by atoms with Gasteiger partial charge in [-0.3, -0.25) is 14.2 Å². The Balaban J connectivity index is 2.10. The van der Waals surface area contributed by atoms with Gasteiger partial charge in [-0.2, -0.15) is 0 Å². The number of hydrogen-bond acceptors (Lipinski definition) is 5. The van der Waals surface area contributed by atoms with Crippen LogP contribution in [0.15, 0.2) is 0 Å². The highest BCUT2D eigenvalue weighted by Gasteiger charge is 2.46. The van der Waals surface area contributed by atoms with Crippen LogP contribution in [0.3, 0.4) is 0 Å². The molecule has 2 aliphatic carbocycles. The Bertz CT molecular complexity index is 677. The highest BCUT2D eigenvalue weighted by molar-refractivity contribution is 7.58. The molecule has 180 valence electrons. The summed E-state index contributed by atoms with van der Waals surface area (Å²) in [6.45, 7) is 7.96. The molecule has 8 heteroatoms.